The topological polar surface area (TPSA) is 108 Å². The van der Waals surface area contributed by atoms with Crippen molar-refractivity contribution in [3.63, 3.8) is 0 Å². The van der Waals surface area contributed by atoms with Crippen LogP contribution in [0.5, 0.6) is 6.01 Å². The van der Waals surface area contributed by atoms with Crippen LogP contribution in [0.2, 0.25) is 0 Å². The third kappa shape index (κ3) is 2.90. The molecule has 0 spiro atoms. The Labute approximate surface area is 148 Å². The molecule has 136 valence electrons. The average molecular weight is 372 g/mol. The highest BCUT2D eigenvalue weighted by molar-refractivity contribution is 6.21. The summed E-state index contributed by atoms with van der Waals surface area (Å²) in [6.07, 6.45) is 2.02. The number of hydrogen-bond donors (Lipinski definition) is 2. The first-order valence-corrected chi connectivity index (χ1v) is 8.68. The molecule has 1 aliphatic carbocycles. The normalized spacial score (nSPS) is 29.9. The van der Waals surface area contributed by atoms with Gasteiger partial charge in [-0.25, -0.2) is 9.37 Å². The van der Waals surface area contributed by atoms with E-state index in [4.69, 9.17) is 26.8 Å². The molecule has 2 aromatic heterocycles. The molecule has 0 bridgehead atoms. The molecular formula is C15H19ClFN5O3. The zero-order valence-corrected chi connectivity index (χ0v) is 14.1. The predicted molar refractivity (Wildman–Crippen MR) is 88.1 cm³/mol. The quantitative estimate of drug-likeness (QED) is 0.765. The van der Waals surface area contributed by atoms with Gasteiger partial charge in [0.1, 0.15) is 18.9 Å². The first-order chi connectivity index (χ1) is 12.1. The second-order valence-corrected chi connectivity index (χ2v) is 6.98. The monoisotopic (exact) mass is 371 g/mol. The number of nitrogen functional groups attached to an aromatic ring is 1. The van der Waals surface area contributed by atoms with Crippen molar-refractivity contribution < 1.29 is 19.0 Å². The van der Waals surface area contributed by atoms with Gasteiger partial charge in [-0.2, -0.15) is 9.97 Å². The Kier molecular flexibility index (Phi) is 4.38. The van der Waals surface area contributed by atoms with E-state index in [9.17, 15) is 9.50 Å². The van der Waals surface area contributed by atoms with Crippen molar-refractivity contribution in [3.8, 4) is 6.01 Å². The van der Waals surface area contributed by atoms with Crippen LogP contribution in [0.3, 0.4) is 0 Å². The molecule has 3 N–H and O–H groups in total. The lowest BCUT2D eigenvalue weighted by molar-refractivity contribution is -0.0403. The highest BCUT2D eigenvalue weighted by atomic mass is 35.5. The molecule has 25 heavy (non-hydrogen) atoms. The van der Waals surface area contributed by atoms with E-state index in [2.05, 4.69) is 15.0 Å². The number of ether oxygens (including phenoxy) is 2. The Morgan fingerprint density at radius 3 is 2.88 bits per heavy atom. The Morgan fingerprint density at radius 2 is 2.24 bits per heavy atom. The van der Waals surface area contributed by atoms with Crippen LogP contribution in [0.15, 0.2) is 6.33 Å². The van der Waals surface area contributed by atoms with Gasteiger partial charge in [0.05, 0.1) is 18.3 Å². The fraction of sp³-hybridized carbons (Fsp3) is 0.667. The number of halogens is 2. The largest absolute Gasteiger partial charge is 0.463 e. The van der Waals surface area contributed by atoms with Crippen molar-refractivity contribution in [1.29, 1.82) is 0 Å². The summed E-state index contributed by atoms with van der Waals surface area (Å²) < 4.78 is 25.6. The van der Waals surface area contributed by atoms with Crippen molar-refractivity contribution in [2.24, 2.45) is 5.92 Å². The van der Waals surface area contributed by atoms with Crippen molar-refractivity contribution in [3.05, 3.63) is 6.33 Å². The number of aliphatic hydroxyl groups is 1. The van der Waals surface area contributed by atoms with Crippen LogP contribution in [-0.4, -0.2) is 55.5 Å². The fourth-order valence-corrected chi connectivity index (χ4v) is 3.33. The molecular weight excluding hydrogens is 353 g/mol. The maximum atomic E-state index is 13.0. The molecule has 1 aliphatic heterocycles. The highest BCUT2D eigenvalue weighted by Crippen LogP contribution is 2.35. The minimum Gasteiger partial charge on any atom is -0.463 e. The summed E-state index contributed by atoms with van der Waals surface area (Å²) in [5, 5.41) is 9.41. The Balaban J connectivity index is 1.64. The van der Waals surface area contributed by atoms with Gasteiger partial charge in [-0.1, -0.05) is 6.42 Å². The van der Waals surface area contributed by atoms with Gasteiger partial charge in [0, 0.05) is 0 Å². The second-order valence-electron chi connectivity index (χ2n) is 6.48. The van der Waals surface area contributed by atoms with E-state index in [1.54, 1.807) is 0 Å². The molecule has 1 saturated carbocycles. The molecule has 3 heterocycles. The van der Waals surface area contributed by atoms with E-state index in [0.29, 0.717) is 23.7 Å². The zero-order valence-electron chi connectivity index (χ0n) is 13.4. The molecule has 1 saturated heterocycles. The summed E-state index contributed by atoms with van der Waals surface area (Å²) >= 11 is 6.03. The smallest absolute Gasteiger partial charge is 0.320 e. The molecule has 4 atom stereocenters. The third-order valence-corrected chi connectivity index (χ3v) is 5.35. The van der Waals surface area contributed by atoms with E-state index in [1.807, 2.05) is 0 Å². The minimum atomic E-state index is -1.10. The number of rotatable bonds is 5. The van der Waals surface area contributed by atoms with Crippen LogP contribution in [-0.2, 0) is 4.74 Å². The predicted octanol–water partition coefficient (Wildman–Crippen LogP) is 1.42. The molecule has 0 amide bonds. The van der Waals surface area contributed by atoms with Crippen LogP contribution in [0, 0.1) is 5.92 Å². The maximum Gasteiger partial charge on any atom is 0.320 e. The lowest BCUT2D eigenvalue weighted by Gasteiger charge is -2.24. The molecule has 2 aromatic rings. The lowest BCUT2D eigenvalue weighted by Crippen LogP contribution is -2.27. The lowest BCUT2D eigenvalue weighted by atomic mass is 9.86. The van der Waals surface area contributed by atoms with Crippen molar-refractivity contribution in [2.45, 2.75) is 43.1 Å². The van der Waals surface area contributed by atoms with Crippen LogP contribution < -0.4 is 10.5 Å². The number of hydrogen-bond acceptors (Lipinski definition) is 7. The Hall–Kier alpha value is -1.71. The van der Waals surface area contributed by atoms with Gasteiger partial charge >= 0.3 is 6.01 Å². The third-order valence-electron chi connectivity index (χ3n) is 4.81. The van der Waals surface area contributed by atoms with Gasteiger partial charge in [-0.05, 0) is 18.8 Å². The summed E-state index contributed by atoms with van der Waals surface area (Å²) in [5.41, 5.74) is 6.65. The number of aliphatic hydroxyl groups excluding tert-OH is 1. The Morgan fingerprint density at radius 1 is 1.44 bits per heavy atom. The van der Waals surface area contributed by atoms with Crippen LogP contribution >= 0.6 is 11.6 Å². The van der Waals surface area contributed by atoms with Gasteiger partial charge in [-0.3, -0.25) is 4.57 Å². The molecule has 8 nitrogen and oxygen atoms in total. The van der Waals surface area contributed by atoms with Gasteiger partial charge in [0.15, 0.2) is 23.2 Å². The minimum absolute atomic E-state index is 0.149. The summed E-state index contributed by atoms with van der Waals surface area (Å²) in [6.45, 7) is -0.253. The SMILES string of the molecule is Nc1nc(OCC2CCC2)nc2c1ncn2[C@@H]1O[C@@H](CF)[C@@H](Cl)[C@@H]1O. The highest BCUT2D eigenvalue weighted by Gasteiger charge is 2.44. The van der Waals surface area contributed by atoms with E-state index in [0.717, 1.165) is 12.8 Å². The molecule has 2 aliphatic rings. The summed E-state index contributed by atoms with van der Waals surface area (Å²) in [5.74, 6) is 0.692. The van der Waals surface area contributed by atoms with Crippen molar-refractivity contribution in [1.82, 2.24) is 19.5 Å². The van der Waals surface area contributed by atoms with Gasteiger partial charge in [0.2, 0.25) is 0 Å². The fourth-order valence-electron chi connectivity index (χ4n) is 3.08. The van der Waals surface area contributed by atoms with Crippen molar-refractivity contribution in [2.75, 3.05) is 19.0 Å². The number of anilines is 1. The maximum absolute atomic E-state index is 13.0. The van der Waals surface area contributed by atoms with Gasteiger partial charge in [0.25, 0.3) is 0 Å². The number of nitrogens with two attached hydrogens (primary N) is 1. The molecule has 0 unspecified atom stereocenters. The molecule has 10 heteroatoms. The molecule has 0 radical (unpaired) electrons. The van der Waals surface area contributed by atoms with Crippen molar-refractivity contribution >= 4 is 28.6 Å². The standard InChI is InChI=1S/C15H19ClFN5O3/c16-9-8(4-17)25-14(11(9)23)22-6-19-10-12(18)20-15(21-13(10)22)24-5-7-2-1-3-7/h6-9,11,14,23H,1-5H2,(H2,18,20,21)/t8-,9+,11-,14+/m0/s1. The zero-order chi connectivity index (χ0) is 17.6. The second kappa shape index (κ2) is 6.54. The van der Waals surface area contributed by atoms with E-state index in [-0.39, 0.29) is 11.8 Å². The number of fused-ring (bicyclic) bond motifs is 1. The average Bonchev–Trinajstić information content (AvgIpc) is 3.09. The van der Waals surface area contributed by atoms with Crippen LogP contribution in [0.1, 0.15) is 25.5 Å². The van der Waals surface area contributed by atoms with Crippen LogP contribution in [0.4, 0.5) is 10.2 Å². The first kappa shape index (κ1) is 16.7. The number of alkyl halides is 2. The molecule has 0 aromatic carbocycles. The number of imidazole rings is 1. The summed E-state index contributed by atoms with van der Waals surface area (Å²) in [7, 11) is 0. The summed E-state index contributed by atoms with van der Waals surface area (Å²) in [4.78, 5) is 12.6. The molecule has 4 rings (SSSR count). The van der Waals surface area contributed by atoms with E-state index >= 15 is 0 Å². The van der Waals surface area contributed by atoms with Crippen LogP contribution in [0.25, 0.3) is 11.2 Å². The number of nitrogens with zero attached hydrogens (tertiary/aromatic N) is 4. The van der Waals surface area contributed by atoms with Gasteiger partial charge < -0.3 is 20.3 Å². The Bertz CT molecular complexity index is 771. The first-order valence-electron chi connectivity index (χ1n) is 8.25. The summed E-state index contributed by atoms with van der Waals surface area (Å²) in [6, 6.07) is 0.149. The van der Waals surface area contributed by atoms with Gasteiger partial charge in [-0.15, -0.1) is 11.6 Å². The molecule has 2 fully saturated rings. The van der Waals surface area contributed by atoms with E-state index < -0.39 is 30.5 Å². The number of aromatic nitrogens is 4. The van der Waals surface area contributed by atoms with E-state index in [1.165, 1.54) is 17.3 Å².